The molecule has 1 N–H and O–H groups in total. The lowest BCUT2D eigenvalue weighted by molar-refractivity contribution is -0.131. The van der Waals surface area contributed by atoms with Gasteiger partial charge in [-0.05, 0) is 44.6 Å². The molecule has 1 aromatic heterocycles. The van der Waals surface area contributed by atoms with Crippen LogP contribution in [0.15, 0.2) is 48.5 Å². The van der Waals surface area contributed by atoms with Gasteiger partial charge in [0.25, 0.3) is 5.91 Å². The summed E-state index contributed by atoms with van der Waals surface area (Å²) in [6.45, 7) is 6.38. The van der Waals surface area contributed by atoms with Gasteiger partial charge in [-0.3, -0.25) is 19.3 Å². The normalized spacial score (nSPS) is 14.3. The van der Waals surface area contributed by atoms with Crippen LogP contribution in [-0.4, -0.2) is 62.6 Å². The van der Waals surface area contributed by atoms with Crippen molar-refractivity contribution in [1.82, 2.24) is 24.6 Å². The SMILES string of the molecule is Cc1ccc(-c2n[nH]c(=S)n2CC(=O)N2CCCN(C(=O)c3cccc(C)c3)CC2)cc1. The fourth-order valence-electron chi connectivity index (χ4n) is 3.95. The Labute approximate surface area is 192 Å². The number of nitrogens with zero attached hydrogens (tertiary/aromatic N) is 4. The van der Waals surface area contributed by atoms with E-state index in [-0.39, 0.29) is 18.4 Å². The number of aromatic nitrogens is 3. The molecule has 1 saturated heterocycles. The molecule has 2 heterocycles. The monoisotopic (exact) mass is 449 g/mol. The molecule has 0 atom stereocenters. The Morgan fingerprint density at radius 3 is 2.44 bits per heavy atom. The van der Waals surface area contributed by atoms with Gasteiger partial charge >= 0.3 is 0 Å². The van der Waals surface area contributed by atoms with Gasteiger partial charge in [0.05, 0.1) is 0 Å². The third kappa shape index (κ3) is 4.80. The molecule has 1 aliphatic heterocycles. The first kappa shape index (κ1) is 22.0. The molecule has 2 amide bonds. The summed E-state index contributed by atoms with van der Waals surface area (Å²) in [5.41, 5.74) is 3.81. The van der Waals surface area contributed by atoms with Crippen LogP contribution < -0.4 is 0 Å². The average Bonchev–Trinajstić information content (AvgIpc) is 2.99. The Morgan fingerprint density at radius 2 is 1.69 bits per heavy atom. The molecular formula is C24H27N5O2S. The number of hydrogen-bond acceptors (Lipinski definition) is 4. The lowest BCUT2D eigenvalue weighted by atomic mass is 10.1. The third-order valence-corrected chi connectivity index (χ3v) is 6.07. The topological polar surface area (TPSA) is 74.2 Å². The van der Waals surface area contributed by atoms with Crippen molar-refractivity contribution in [3.8, 4) is 11.4 Å². The maximum atomic E-state index is 13.1. The summed E-state index contributed by atoms with van der Waals surface area (Å²) in [5.74, 6) is 0.636. The summed E-state index contributed by atoms with van der Waals surface area (Å²) in [7, 11) is 0. The van der Waals surface area contributed by atoms with Crippen LogP contribution in [0.1, 0.15) is 27.9 Å². The Morgan fingerprint density at radius 1 is 0.969 bits per heavy atom. The smallest absolute Gasteiger partial charge is 0.253 e. The van der Waals surface area contributed by atoms with Crippen LogP contribution in [0.3, 0.4) is 0 Å². The number of carbonyl (C=O) groups is 2. The molecule has 1 fully saturated rings. The van der Waals surface area contributed by atoms with Gasteiger partial charge in [-0.2, -0.15) is 5.10 Å². The number of benzene rings is 2. The largest absolute Gasteiger partial charge is 0.339 e. The van der Waals surface area contributed by atoms with Crippen LogP contribution >= 0.6 is 12.2 Å². The fourth-order valence-corrected chi connectivity index (χ4v) is 4.15. The van der Waals surface area contributed by atoms with Crippen molar-refractivity contribution in [3.05, 3.63) is 70.0 Å². The van der Waals surface area contributed by atoms with Crippen LogP contribution in [0, 0.1) is 18.6 Å². The zero-order valence-corrected chi connectivity index (χ0v) is 19.2. The van der Waals surface area contributed by atoms with E-state index >= 15 is 0 Å². The molecule has 0 bridgehead atoms. The van der Waals surface area contributed by atoms with E-state index in [0.29, 0.717) is 42.3 Å². The quantitative estimate of drug-likeness (QED) is 0.618. The van der Waals surface area contributed by atoms with E-state index < -0.39 is 0 Å². The molecule has 0 aliphatic carbocycles. The molecule has 7 nitrogen and oxygen atoms in total. The number of carbonyl (C=O) groups excluding carboxylic acids is 2. The first-order valence-electron chi connectivity index (χ1n) is 10.8. The van der Waals surface area contributed by atoms with Crippen molar-refractivity contribution in [2.75, 3.05) is 26.2 Å². The Kier molecular flexibility index (Phi) is 6.50. The van der Waals surface area contributed by atoms with Gasteiger partial charge in [-0.15, -0.1) is 0 Å². The highest BCUT2D eigenvalue weighted by Crippen LogP contribution is 2.18. The summed E-state index contributed by atoms with van der Waals surface area (Å²) < 4.78 is 2.16. The maximum Gasteiger partial charge on any atom is 0.253 e. The Balaban J connectivity index is 1.44. The van der Waals surface area contributed by atoms with Gasteiger partial charge in [0.2, 0.25) is 5.91 Å². The molecule has 3 aromatic rings. The van der Waals surface area contributed by atoms with Crippen molar-refractivity contribution >= 4 is 24.0 Å². The molecule has 0 radical (unpaired) electrons. The van der Waals surface area contributed by atoms with Gasteiger partial charge in [0.1, 0.15) is 6.54 Å². The molecular weight excluding hydrogens is 422 g/mol. The summed E-state index contributed by atoms with van der Waals surface area (Å²) >= 11 is 5.38. The van der Waals surface area contributed by atoms with Crippen molar-refractivity contribution < 1.29 is 9.59 Å². The second-order valence-electron chi connectivity index (χ2n) is 8.20. The summed E-state index contributed by atoms with van der Waals surface area (Å²) in [6, 6.07) is 15.6. The second kappa shape index (κ2) is 9.48. The zero-order chi connectivity index (χ0) is 22.7. The van der Waals surface area contributed by atoms with Crippen molar-refractivity contribution in [2.45, 2.75) is 26.8 Å². The molecule has 0 spiro atoms. The van der Waals surface area contributed by atoms with Crippen LogP contribution in [-0.2, 0) is 11.3 Å². The van der Waals surface area contributed by atoms with E-state index in [1.54, 1.807) is 4.57 Å². The molecule has 0 saturated carbocycles. The van der Waals surface area contributed by atoms with Gasteiger partial charge in [0, 0.05) is 37.3 Å². The van der Waals surface area contributed by atoms with E-state index in [2.05, 4.69) is 10.2 Å². The molecule has 166 valence electrons. The van der Waals surface area contributed by atoms with Crippen molar-refractivity contribution in [2.24, 2.45) is 0 Å². The van der Waals surface area contributed by atoms with Crippen LogP contribution in [0.25, 0.3) is 11.4 Å². The van der Waals surface area contributed by atoms with E-state index in [1.807, 2.05) is 72.2 Å². The minimum absolute atomic E-state index is 0.0155. The summed E-state index contributed by atoms with van der Waals surface area (Å²) in [5, 5.41) is 7.14. The van der Waals surface area contributed by atoms with E-state index in [9.17, 15) is 9.59 Å². The number of aryl methyl sites for hydroxylation is 2. The number of nitrogens with one attached hydrogen (secondary N) is 1. The van der Waals surface area contributed by atoms with Crippen LogP contribution in [0.5, 0.6) is 0 Å². The van der Waals surface area contributed by atoms with Gasteiger partial charge in [0.15, 0.2) is 10.6 Å². The molecule has 2 aromatic carbocycles. The lowest BCUT2D eigenvalue weighted by Gasteiger charge is -2.22. The fraction of sp³-hybridized carbons (Fsp3) is 0.333. The number of hydrogen-bond donors (Lipinski definition) is 1. The zero-order valence-electron chi connectivity index (χ0n) is 18.4. The molecule has 32 heavy (non-hydrogen) atoms. The molecule has 1 aliphatic rings. The molecule has 0 unspecified atom stereocenters. The highest BCUT2D eigenvalue weighted by Gasteiger charge is 2.24. The van der Waals surface area contributed by atoms with E-state index in [4.69, 9.17) is 12.2 Å². The Hall–Kier alpha value is -3.26. The molecule has 8 heteroatoms. The van der Waals surface area contributed by atoms with Gasteiger partial charge in [-0.25, -0.2) is 0 Å². The number of H-pyrrole nitrogens is 1. The van der Waals surface area contributed by atoms with Crippen molar-refractivity contribution in [3.63, 3.8) is 0 Å². The number of amides is 2. The predicted octanol–water partition coefficient (Wildman–Crippen LogP) is 3.60. The molecule has 4 rings (SSSR count). The van der Waals surface area contributed by atoms with Crippen LogP contribution in [0.2, 0.25) is 0 Å². The van der Waals surface area contributed by atoms with E-state index in [1.165, 1.54) is 0 Å². The van der Waals surface area contributed by atoms with Crippen LogP contribution in [0.4, 0.5) is 0 Å². The average molecular weight is 450 g/mol. The standard InChI is InChI=1S/C24H27N5O2S/c1-17-7-9-19(10-8-17)22-25-26-24(32)29(22)16-21(30)27-11-4-12-28(14-13-27)23(31)20-6-3-5-18(2)15-20/h3,5-10,15H,4,11-14,16H2,1-2H3,(H,26,32). The highest BCUT2D eigenvalue weighted by molar-refractivity contribution is 7.71. The third-order valence-electron chi connectivity index (χ3n) is 5.76. The van der Waals surface area contributed by atoms with Crippen molar-refractivity contribution in [1.29, 1.82) is 0 Å². The highest BCUT2D eigenvalue weighted by atomic mass is 32.1. The van der Waals surface area contributed by atoms with Gasteiger partial charge in [-0.1, -0.05) is 47.5 Å². The first-order valence-corrected chi connectivity index (χ1v) is 11.2. The predicted molar refractivity (Wildman–Crippen MR) is 126 cm³/mol. The maximum absolute atomic E-state index is 13.1. The minimum atomic E-state index is -0.0271. The lowest BCUT2D eigenvalue weighted by Crippen LogP contribution is -2.38. The number of rotatable bonds is 4. The summed E-state index contributed by atoms with van der Waals surface area (Å²) in [6.07, 6.45) is 0.741. The second-order valence-corrected chi connectivity index (χ2v) is 8.59. The minimum Gasteiger partial charge on any atom is -0.339 e. The number of aromatic amines is 1. The summed E-state index contributed by atoms with van der Waals surface area (Å²) in [4.78, 5) is 29.7. The van der Waals surface area contributed by atoms with E-state index in [0.717, 1.165) is 23.1 Å². The Bertz CT molecular complexity index is 1180. The first-order chi connectivity index (χ1) is 15.4. The van der Waals surface area contributed by atoms with Gasteiger partial charge < -0.3 is 9.80 Å².